The van der Waals surface area contributed by atoms with Crippen molar-refractivity contribution in [2.75, 3.05) is 4.90 Å². The number of fused-ring (bicyclic) bond motifs is 1. The number of carbonyl (C=O) groups is 2. The van der Waals surface area contributed by atoms with Gasteiger partial charge in [0.05, 0.1) is 26.8 Å². The van der Waals surface area contributed by atoms with Crippen molar-refractivity contribution >= 4 is 50.1 Å². The number of non-ortho nitro benzene ring substituents is 1. The Labute approximate surface area is 216 Å². The first-order valence-corrected chi connectivity index (χ1v) is 12.2. The van der Waals surface area contributed by atoms with E-state index in [1.54, 1.807) is 6.08 Å². The monoisotopic (exact) mass is 511 g/mol. The summed E-state index contributed by atoms with van der Waals surface area (Å²) in [6, 6.07) is 17.7. The molecule has 0 radical (unpaired) electrons. The van der Waals surface area contributed by atoms with E-state index < -0.39 is 28.4 Å². The standard InChI is InChI=1S/C28H21N3O5S/c1-16-14-17(2)24-22(15-16)37-28(29-24)30-25(19-9-11-20(12-10-19)31(35)36)23(26(33)27(30)34)21(32)13-8-18-6-4-3-5-7-18/h3-15,25,33H,1-2H3. The van der Waals surface area contributed by atoms with Crippen molar-refractivity contribution in [3.8, 4) is 0 Å². The van der Waals surface area contributed by atoms with Crippen LogP contribution >= 0.6 is 11.3 Å². The van der Waals surface area contributed by atoms with Crippen molar-refractivity contribution in [3.63, 3.8) is 0 Å². The number of amides is 1. The zero-order valence-corrected chi connectivity index (χ0v) is 20.7. The summed E-state index contributed by atoms with van der Waals surface area (Å²) in [6.07, 6.45) is 2.91. The van der Waals surface area contributed by atoms with Gasteiger partial charge in [0.15, 0.2) is 16.7 Å². The second-order valence-corrected chi connectivity index (χ2v) is 9.73. The summed E-state index contributed by atoms with van der Waals surface area (Å²) in [5, 5.41) is 22.4. The molecule has 1 amide bonds. The molecule has 1 aliphatic rings. The lowest BCUT2D eigenvalue weighted by atomic mass is 9.95. The van der Waals surface area contributed by atoms with E-state index in [1.807, 2.05) is 56.3 Å². The molecule has 1 N–H and O–H groups in total. The highest BCUT2D eigenvalue weighted by Crippen LogP contribution is 2.44. The number of anilines is 1. The highest BCUT2D eigenvalue weighted by molar-refractivity contribution is 7.22. The van der Waals surface area contributed by atoms with Gasteiger partial charge in [-0.15, -0.1) is 0 Å². The van der Waals surface area contributed by atoms with Crippen LogP contribution < -0.4 is 4.90 Å². The van der Waals surface area contributed by atoms with E-state index >= 15 is 0 Å². The van der Waals surface area contributed by atoms with Crippen LogP contribution in [0.2, 0.25) is 0 Å². The predicted octanol–water partition coefficient (Wildman–Crippen LogP) is 6.00. The number of nitro benzene ring substituents is 1. The number of hydrogen-bond donors (Lipinski definition) is 1. The molecule has 3 aromatic carbocycles. The average Bonchev–Trinajstić information content (AvgIpc) is 3.42. The normalized spacial score (nSPS) is 15.8. The molecule has 0 saturated carbocycles. The van der Waals surface area contributed by atoms with Gasteiger partial charge in [0.1, 0.15) is 0 Å². The third-order valence-corrected chi connectivity index (χ3v) is 7.15. The molecular weight excluding hydrogens is 490 g/mol. The Kier molecular flexibility index (Phi) is 6.14. The van der Waals surface area contributed by atoms with Crippen molar-refractivity contribution in [2.45, 2.75) is 19.9 Å². The molecule has 9 heteroatoms. The minimum Gasteiger partial charge on any atom is -0.503 e. The number of benzene rings is 3. The molecule has 4 aromatic rings. The molecule has 5 rings (SSSR count). The zero-order valence-electron chi connectivity index (χ0n) is 19.9. The fourth-order valence-corrected chi connectivity index (χ4v) is 5.60. The Hall–Kier alpha value is -4.63. The molecule has 184 valence electrons. The molecule has 2 heterocycles. The third kappa shape index (κ3) is 4.41. The predicted molar refractivity (Wildman–Crippen MR) is 143 cm³/mol. The molecule has 8 nitrogen and oxygen atoms in total. The number of aryl methyl sites for hydroxylation is 2. The van der Waals surface area contributed by atoms with Crippen LogP contribution in [0, 0.1) is 24.0 Å². The van der Waals surface area contributed by atoms with Gasteiger partial charge in [-0.3, -0.25) is 24.6 Å². The second kappa shape index (κ2) is 9.44. The summed E-state index contributed by atoms with van der Waals surface area (Å²) in [7, 11) is 0. The molecule has 1 aromatic heterocycles. The lowest BCUT2D eigenvalue weighted by Gasteiger charge is -2.24. The number of thiazole rings is 1. The van der Waals surface area contributed by atoms with E-state index in [1.165, 1.54) is 46.6 Å². The maximum absolute atomic E-state index is 13.4. The van der Waals surface area contributed by atoms with E-state index in [4.69, 9.17) is 0 Å². The molecular formula is C28H21N3O5S. The Morgan fingerprint density at radius 2 is 1.81 bits per heavy atom. The molecule has 0 fully saturated rings. The van der Waals surface area contributed by atoms with Crippen LogP contribution in [0.15, 0.2) is 84.1 Å². The van der Waals surface area contributed by atoms with Crippen LogP contribution in [0.3, 0.4) is 0 Å². The summed E-state index contributed by atoms with van der Waals surface area (Å²) in [4.78, 5) is 43.4. The third-order valence-electron chi connectivity index (χ3n) is 6.14. The maximum atomic E-state index is 13.4. The fourth-order valence-electron chi connectivity index (χ4n) is 4.44. The van der Waals surface area contributed by atoms with Crippen LogP contribution in [0.25, 0.3) is 16.3 Å². The molecule has 0 bridgehead atoms. The van der Waals surface area contributed by atoms with E-state index in [0.29, 0.717) is 10.7 Å². The lowest BCUT2D eigenvalue weighted by Crippen LogP contribution is -2.30. The van der Waals surface area contributed by atoms with Crippen LogP contribution in [-0.4, -0.2) is 26.7 Å². The first-order valence-electron chi connectivity index (χ1n) is 11.4. The van der Waals surface area contributed by atoms with Crippen molar-refractivity contribution in [3.05, 3.63) is 117 Å². The topological polar surface area (TPSA) is 114 Å². The quantitative estimate of drug-likeness (QED) is 0.193. The number of ketones is 1. The second-order valence-electron chi connectivity index (χ2n) is 8.72. The number of aliphatic hydroxyl groups is 1. The Bertz CT molecular complexity index is 1620. The number of rotatable bonds is 6. The van der Waals surface area contributed by atoms with Gasteiger partial charge >= 0.3 is 0 Å². The van der Waals surface area contributed by atoms with Gasteiger partial charge in [0, 0.05) is 12.1 Å². The highest BCUT2D eigenvalue weighted by atomic mass is 32.1. The van der Waals surface area contributed by atoms with Crippen molar-refractivity contribution in [2.24, 2.45) is 0 Å². The fraction of sp³-hybridized carbons (Fsp3) is 0.107. The Morgan fingerprint density at radius 3 is 2.49 bits per heavy atom. The molecule has 1 atom stereocenters. The SMILES string of the molecule is Cc1cc(C)c2nc(N3C(=O)C(O)=C(C(=O)C=Cc4ccccc4)C3c3ccc([N+](=O)[O-])cc3)sc2c1. The number of aliphatic hydroxyl groups excluding tert-OH is 1. The van der Waals surface area contributed by atoms with Crippen molar-refractivity contribution in [1.29, 1.82) is 0 Å². The smallest absolute Gasteiger partial charge is 0.296 e. The first-order chi connectivity index (χ1) is 17.7. The largest absolute Gasteiger partial charge is 0.503 e. The summed E-state index contributed by atoms with van der Waals surface area (Å²) in [6.45, 7) is 3.90. The summed E-state index contributed by atoms with van der Waals surface area (Å²) >= 11 is 1.28. The molecule has 37 heavy (non-hydrogen) atoms. The number of carbonyl (C=O) groups excluding carboxylic acids is 2. The van der Waals surface area contributed by atoms with Crippen LogP contribution in [0.5, 0.6) is 0 Å². The van der Waals surface area contributed by atoms with Gasteiger partial charge in [0.2, 0.25) is 0 Å². The minimum absolute atomic E-state index is 0.113. The molecule has 1 aliphatic heterocycles. The summed E-state index contributed by atoms with van der Waals surface area (Å²) in [5.41, 5.74) is 3.68. The Balaban J connectivity index is 1.63. The number of hydrogen-bond acceptors (Lipinski definition) is 7. The van der Waals surface area contributed by atoms with Crippen LogP contribution in [-0.2, 0) is 9.59 Å². The Morgan fingerprint density at radius 1 is 1.11 bits per heavy atom. The number of nitrogens with zero attached hydrogens (tertiary/aromatic N) is 3. The van der Waals surface area contributed by atoms with E-state index in [-0.39, 0.29) is 11.3 Å². The summed E-state index contributed by atoms with van der Waals surface area (Å²) in [5.74, 6) is -1.97. The maximum Gasteiger partial charge on any atom is 0.296 e. The number of allylic oxidation sites excluding steroid dienone is 1. The minimum atomic E-state index is -1.01. The molecule has 1 unspecified atom stereocenters. The van der Waals surface area contributed by atoms with Gasteiger partial charge in [-0.1, -0.05) is 53.8 Å². The number of nitro groups is 1. The van der Waals surface area contributed by atoms with Gasteiger partial charge in [-0.05, 0) is 60.4 Å². The first kappa shape index (κ1) is 24.1. The van der Waals surface area contributed by atoms with Crippen LogP contribution in [0.1, 0.15) is 28.3 Å². The highest BCUT2D eigenvalue weighted by Gasteiger charge is 2.45. The van der Waals surface area contributed by atoms with Crippen molar-refractivity contribution < 1.29 is 19.6 Å². The van der Waals surface area contributed by atoms with E-state index in [0.717, 1.165) is 26.9 Å². The van der Waals surface area contributed by atoms with Gasteiger partial charge in [-0.2, -0.15) is 0 Å². The van der Waals surface area contributed by atoms with E-state index in [9.17, 15) is 24.8 Å². The van der Waals surface area contributed by atoms with Gasteiger partial charge in [-0.25, -0.2) is 4.98 Å². The molecule has 0 spiro atoms. The molecule has 0 aliphatic carbocycles. The van der Waals surface area contributed by atoms with E-state index in [2.05, 4.69) is 4.98 Å². The van der Waals surface area contributed by atoms with Crippen molar-refractivity contribution in [1.82, 2.24) is 4.98 Å². The lowest BCUT2D eigenvalue weighted by molar-refractivity contribution is -0.384. The summed E-state index contributed by atoms with van der Waals surface area (Å²) < 4.78 is 0.867. The zero-order chi connectivity index (χ0) is 26.3. The molecule has 0 saturated heterocycles. The number of aromatic nitrogens is 1. The van der Waals surface area contributed by atoms with Gasteiger partial charge in [0.25, 0.3) is 11.6 Å². The van der Waals surface area contributed by atoms with Crippen LogP contribution in [0.4, 0.5) is 10.8 Å². The average molecular weight is 512 g/mol. The van der Waals surface area contributed by atoms with Gasteiger partial charge < -0.3 is 5.11 Å².